The average molecular weight is 530 g/mol. The van der Waals surface area contributed by atoms with E-state index in [1.165, 1.54) is 4.88 Å². The molecule has 33 heavy (non-hydrogen) atoms. The lowest BCUT2D eigenvalue weighted by molar-refractivity contribution is -0.138. The summed E-state index contributed by atoms with van der Waals surface area (Å²) in [6.07, 6.45) is 3.01. The molecule has 0 unspecified atom stereocenters. The summed E-state index contributed by atoms with van der Waals surface area (Å²) in [6.45, 7) is 6.54. The number of ether oxygens (including phenoxy) is 2. The number of carbonyl (C=O) groups is 2. The third-order valence-electron chi connectivity index (χ3n) is 6.00. The number of allylic oxidation sites excluding steroid dienone is 3. The second-order valence-corrected chi connectivity index (χ2v) is 10.3. The highest BCUT2D eigenvalue weighted by molar-refractivity contribution is 9.10. The number of carbonyl (C=O) groups excluding carboxylic acids is 2. The number of esters is 1. The molecule has 2 aliphatic rings. The highest BCUT2D eigenvalue weighted by atomic mass is 79.9. The van der Waals surface area contributed by atoms with E-state index in [0.717, 1.165) is 56.9 Å². The van der Waals surface area contributed by atoms with E-state index in [1.807, 2.05) is 31.2 Å². The molecule has 0 saturated heterocycles. The summed E-state index contributed by atoms with van der Waals surface area (Å²) in [4.78, 5) is 28.2. The summed E-state index contributed by atoms with van der Waals surface area (Å²) in [7, 11) is 0. The maximum Gasteiger partial charge on any atom is 0.336 e. The molecule has 7 heteroatoms. The van der Waals surface area contributed by atoms with E-state index in [9.17, 15) is 9.59 Å². The molecule has 1 aliphatic carbocycles. The third kappa shape index (κ3) is 4.94. The quantitative estimate of drug-likeness (QED) is 0.433. The topological polar surface area (TPSA) is 64.6 Å². The van der Waals surface area contributed by atoms with Crippen molar-refractivity contribution in [2.45, 2.75) is 59.0 Å². The van der Waals surface area contributed by atoms with Gasteiger partial charge >= 0.3 is 5.97 Å². The molecule has 2 aromatic rings. The molecular formula is C26H28BrNO4S. The van der Waals surface area contributed by atoms with Crippen molar-refractivity contribution < 1.29 is 19.1 Å². The number of dihydropyridines is 1. The van der Waals surface area contributed by atoms with Gasteiger partial charge in [-0.25, -0.2) is 4.79 Å². The molecule has 0 radical (unpaired) electrons. The van der Waals surface area contributed by atoms with Crippen LogP contribution in [0.3, 0.4) is 0 Å². The van der Waals surface area contributed by atoms with E-state index in [1.54, 1.807) is 18.3 Å². The van der Waals surface area contributed by atoms with Gasteiger partial charge in [-0.05, 0) is 63.4 Å². The number of hydrogen-bond donors (Lipinski definition) is 1. The van der Waals surface area contributed by atoms with E-state index in [-0.39, 0.29) is 11.8 Å². The Kier molecular flexibility index (Phi) is 7.39. The molecule has 1 aliphatic heterocycles. The minimum absolute atomic E-state index is 0.113. The molecule has 174 valence electrons. The lowest BCUT2D eigenvalue weighted by Crippen LogP contribution is -2.34. The van der Waals surface area contributed by atoms with Gasteiger partial charge in [0.1, 0.15) is 12.4 Å². The third-order valence-corrected chi connectivity index (χ3v) is 7.92. The summed E-state index contributed by atoms with van der Waals surface area (Å²) in [5.41, 5.74) is 4.06. The van der Waals surface area contributed by atoms with Crippen LogP contribution in [0.4, 0.5) is 0 Å². The van der Waals surface area contributed by atoms with Crippen LogP contribution in [0.5, 0.6) is 5.75 Å². The Morgan fingerprint density at radius 3 is 2.67 bits per heavy atom. The Hall–Kier alpha value is -2.38. The summed E-state index contributed by atoms with van der Waals surface area (Å²) < 4.78 is 12.4. The maximum absolute atomic E-state index is 13.0. The SMILES string of the molecule is CCOC(=O)C1=C(C)NC2=C(C(=O)CCC2)[C@H]1c1cc(COc2ccc(Br)cc2)c(CC)s1. The maximum atomic E-state index is 13.0. The van der Waals surface area contributed by atoms with Crippen molar-refractivity contribution in [1.29, 1.82) is 0 Å². The molecule has 5 nitrogen and oxygen atoms in total. The number of nitrogens with one attached hydrogen (secondary N) is 1. The first-order chi connectivity index (χ1) is 15.9. The van der Waals surface area contributed by atoms with Crippen LogP contribution in [0.2, 0.25) is 0 Å². The van der Waals surface area contributed by atoms with Crippen LogP contribution in [-0.4, -0.2) is 18.4 Å². The molecule has 1 aromatic heterocycles. The van der Waals surface area contributed by atoms with Gasteiger partial charge in [-0.3, -0.25) is 4.79 Å². The van der Waals surface area contributed by atoms with Crippen molar-refractivity contribution in [3.8, 4) is 5.75 Å². The lowest BCUT2D eigenvalue weighted by Gasteiger charge is -2.33. The molecule has 0 fully saturated rings. The van der Waals surface area contributed by atoms with Crippen molar-refractivity contribution in [3.63, 3.8) is 0 Å². The first-order valence-corrected chi connectivity index (χ1v) is 12.9. The molecule has 0 spiro atoms. The number of Topliss-reactive ketones (excluding diaryl/α,β-unsaturated/α-hetero) is 1. The van der Waals surface area contributed by atoms with Crippen molar-refractivity contribution in [1.82, 2.24) is 5.32 Å². The normalized spacial score (nSPS) is 18.2. The number of halogens is 1. The van der Waals surface area contributed by atoms with Gasteiger partial charge in [-0.2, -0.15) is 0 Å². The predicted molar refractivity (Wildman–Crippen MR) is 133 cm³/mol. The zero-order chi connectivity index (χ0) is 23.5. The first-order valence-electron chi connectivity index (χ1n) is 11.3. The van der Waals surface area contributed by atoms with Gasteiger partial charge in [-0.1, -0.05) is 22.9 Å². The first kappa shape index (κ1) is 23.8. The molecule has 0 bridgehead atoms. The van der Waals surface area contributed by atoms with Crippen LogP contribution in [-0.2, 0) is 27.4 Å². The second-order valence-electron chi connectivity index (χ2n) is 8.18. The fraction of sp³-hybridized carbons (Fsp3) is 0.385. The largest absolute Gasteiger partial charge is 0.489 e. The van der Waals surface area contributed by atoms with Crippen LogP contribution >= 0.6 is 27.3 Å². The summed E-state index contributed by atoms with van der Waals surface area (Å²) >= 11 is 5.10. The molecule has 1 N–H and O–H groups in total. The van der Waals surface area contributed by atoms with E-state index in [4.69, 9.17) is 9.47 Å². The number of thiophene rings is 1. The Balaban J connectivity index is 1.72. The van der Waals surface area contributed by atoms with Gasteiger partial charge in [0, 0.05) is 43.2 Å². The number of aryl methyl sites for hydroxylation is 1. The highest BCUT2D eigenvalue weighted by Gasteiger charge is 2.40. The second kappa shape index (κ2) is 10.3. The van der Waals surface area contributed by atoms with Crippen LogP contribution in [0.25, 0.3) is 0 Å². The summed E-state index contributed by atoms with van der Waals surface area (Å²) in [6, 6.07) is 9.87. The molecule has 0 saturated carbocycles. The van der Waals surface area contributed by atoms with E-state index in [0.29, 0.717) is 25.2 Å². The standard InChI is InChI=1S/C26H28BrNO4S/c1-4-21-16(14-32-18-11-9-17(27)10-12-18)13-22(33-21)25-23(26(30)31-5-2)15(3)28-19-7-6-8-20(29)24(19)25/h9-13,25,28H,4-8,14H2,1-3H3/t25-/m0/s1. The molecule has 4 rings (SSSR count). The number of ketones is 1. The minimum Gasteiger partial charge on any atom is -0.489 e. The monoisotopic (exact) mass is 529 g/mol. The molecule has 1 aromatic carbocycles. The van der Waals surface area contributed by atoms with Gasteiger partial charge in [0.2, 0.25) is 0 Å². The Morgan fingerprint density at radius 1 is 1.21 bits per heavy atom. The zero-order valence-corrected chi connectivity index (χ0v) is 21.5. The zero-order valence-electron chi connectivity index (χ0n) is 19.1. The van der Waals surface area contributed by atoms with Gasteiger partial charge in [-0.15, -0.1) is 11.3 Å². The Labute approximate surface area is 207 Å². The number of benzene rings is 1. The van der Waals surface area contributed by atoms with Gasteiger partial charge < -0.3 is 14.8 Å². The van der Waals surface area contributed by atoms with Crippen molar-refractivity contribution in [2.75, 3.05) is 6.61 Å². The van der Waals surface area contributed by atoms with Crippen LogP contribution in [0.15, 0.2) is 57.3 Å². The van der Waals surface area contributed by atoms with Crippen LogP contribution in [0.1, 0.15) is 61.3 Å². The van der Waals surface area contributed by atoms with Gasteiger partial charge in [0.15, 0.2) is 5.78 Å². The number of hydrogen-bond acceptors (Lipinski definition) is 6. The van der Waals surface area contributed by atoms with Crippen LogP contribution < -0.4 is 10.1 Å². The fourth-order valence-corrected chi connectivity index (χ4v) is 5.99. The highest BCUT2D eigenvalue weighted by Crippen LogP contribution is 2.45. The fourth-order valence-electron chi connectivity index (χ4n) is 4.49. The molecule has 2 heterocycles. The average Bonchev–Trinajstić information content (AvgIpc) is 3.21. The van der Waals surface area contributed by atoms with Crippen molar-refractivity contribution >= 4 is 39.0 Å². The molecule has 1 atom stereocenters. The Morgan fingerprint density at radius 2 is 1.97 bits per heavy atom. The van der Waals surface area contributed by atoms with E-state index >= 15 is 0 Å². The summed E-state index contributed by atoms with van der Waals surface area (Å²) in [5, 5.41) is 3.34. The number of rotatable bonds is 7. The van der Waals surface area contributed by atoms with Crippen LogP contribution in [0, 0.1) is 0 Å². The van der Waals surface area contributed by atoms with E-state index < -0.39 is 5.92 Å². The molecular weight excluding hydrogens is 502 g/mol. The van der Waals surface area contributed by atoms with Gasteiger partial charge in [0.25, 0.3) is 0 Å². The minimum atomic E-state index is -0.398. The van der Waals surface area contributed by atoms with Crippen molar-refractivity contribution in [3.05, 3.63) is 72.7 Å². The van der Waals surface area contributed by atoms with Gasteiger partial charge in [0.05, 0.1) is 18.1 Å². The summed E-state index contributed by atoms with van der Waals surface area (Å²) in [5.74, 6) is 0.147. The molecule has 0 amide bonds. The smallest absolute Gasteiger partial charge is 0.336 e. The Bertz CT molecular complexity index is 1130. The predicted octanol–water partition coefficient (Wildman–Crippen LogP) is 6.18. The lowest BCUT2D eigenvalue weighted by atomic mass is 9.78. The van der Waals surface area contributed by atoms with Crippen molar-refractivity contribution in [2.24, 2.45) is 0 Å². The van der Waals surface area contributed by atoms with E-state index in [2.05, 4.69) is 34.2 Å².